The summed E-state index contributed by atoms with van der Waals surface area (Å²) < 4.78 is 0. The molecule has 2 heterocycles. The molecule has 2 rings (SSSR count). The Balaban J connectivity index is 1.98. The third kappa shape index (κ3) is 3.42. The Hall–Kier alpha value is -1.16. The molecule has 4 nitrogen and oxygen atoms in total. The van der Waals surface area contributed by atoms with E-state index in [9.17, 15) is 0 Å². The van der Waals surface area contributed by atoms with Gasteiger partial charge in [-0.2, -0.15) is 0 Å². The molecule has 100 valence electrons. The van der Waals surface area contributed by atoms with E-state index in [1.165, 1.54) is 12.8 Å². The number of aromatic nitrogens is 2. The molecule has 0 unspecified atom stereocenters. The zero-order valence-corrected chi connectivity index (χ0v) is 11.7. The van der Waals surface area contributed by atoms with Gasteiger partial charge in [0.05, 0.1) is 0 Å². The fraction of sp³-hybridized carbons (Fsp3) is 0.714. The molecule has 0 radical (unpaired) electrons. The van der Waals surface area contributed by atoms with Crippen molar-refractivity contribution in [2.24, 2.45) is 5.41 Å². The number of hydrogen-bond acceptors (Lipinski definition) is 4. The molecule has 1 aromatic rings. The van der Waals surface area contributed by atoms with Gasteiger partial charge >= 0.3 is 0 Å². The van der Waals surface area contributed by atoms with E-state index in [2.05, 4.69) is 34.4 Å². The molecule has 0 spiro atoms. The van der Waals surface area contributed by atoms with Crippen molar-refractivity contribution in [3.8, 4) is 0 Å². The smallest absolute Gasteiger partial charge is 0.130 e. The maximum atomic E-state index is 4.53. The van der Waals surface area contributed by atoms with Crippen LogP contribution in [0.1, 0.15) is 38.2 Å². The highest BCUT2D eigenvalue weighted by atomic mass is 15.0. The predicted molar refractivity (Wildman–Crippen MR) is 74.8 cm³/mol. The molecule has 0 amide bonds. The number of aryl methyl sites for hydroxylation is 2. The minimum atomic E-state index is 0.385. The van der Waals surface area contributed by atoms with Gasteiger partial charge in [0, 0.05) is 24.7 Å². The lowest BCUT2D eigenvalue weighted by Gasteiger charge is -2.34. The first-order valence-corrected chi connectivity index (χ1v) is 6.90. The molecule has 2 N–H and O–H groups in total. The largest absolute Gasteiger partial charge is 0.369 e. The first-order chi connectivity index (χ1) is 8.61. The molecule has 0 aromatic carbocycles. The number of rotatable bonds is 4. The van der Waals surface area contributed by atoms with Crippen LogP contribution in [0.3, 0.4) is 0 Å². The van der Waals surface area contributed by atoms with Crippen molar-refractivity contribution < 1.29 is 0 Å². The van der Waals surface area contributed by atoms with Gasteiger partial charge in [-0.15, -0.1) is 0 Å². The minimum Gasteiger partial charge on any atom is -0.369 e. The highest BCUT2D eigenvalue weighted by Gasteiger charge is 2.26. The first-order valence-electron chi connectivity index (χ1n) is 6.90. The molecule has 1 aliphatic rings. The Labute approximate surface area is 110 Å². The lowest BCUT2D eigenvalue weighted by Crippen LogP contribution is -2.39. The first kappa shape index (κ1) is 13.3. The predicted octanol–water partition coefficient (Wildman–Crippen LogP) is 2.15. The minimum absolute atomic E-state index is 0.385. The molecule has 0 aliphatic carbocycles. The average molecular weight is 248 g/mol. The zero-order valence-electron chi connectivity index (χ0n) is 11.7. The van der Waals surface area contributed by atoms with Crippen molar-refractivity contribution in [1.82, 2.24) is 15.3 Å². The number of nitrogens with zero attached hydrogens (tertiary/aromatic N) is 2. The Morgan fingerprint density at radius 1 is 1.33 bits per heavy atom. The topological polar surface area (TPSA) is 49.8 Å². The molecular formula is C14H24N4. The van der Waals surface area contributed by atoms with E-state index in [0.717, 1.165) is 43.4 Å². The Morgan fingerprint density at radius 3 is 2.72 bits per heavy atom. The summed E-state index contributed by atoms with van der Waals surface area (Å²) in [5.41, 5.74) is 1.43. The lowest BCUT2D eigenvalue weighted by molar-refractivity contribution is 0.247. The summed E-state index contributed by atoms with van der Waals surface area (Å²) in [4.78, 5) is 8.93. The van der Waals surface area contributed by atoms with Crippen molar-refractivity contribution >= 4 is 5.82 Å². The molecule has 1 saturated heterocycles. The second kappa shape index (κ2) is 5.65. The molecule has 18 heavy (non-hydrogen) atoms. The van der Waals surface area contributed by atoms with Gasteiger partial charge in [0.1, 0.15) is 11.6 Å². The number of anilines is 1. The number of nitrogens with one attached hydrogen (secondary N) is 2. The zero-order chi connectivity index (χ0) is 13.0. The second-order valence-electron chi connectivity index (χ2n) is 5.58. The van der Waals surface area contributed by atoms with E-state index in [-0.39, 0.29) is 0 Å². The van der Waals surface area contributed by atoms with Crippen LogP contribution in [0.15, 0.2) is 6.07 Å². The molecule has 1 fully saturated rings. The maximum absolute atomic E-state index is 4.53. The summed E-state index contributed by atoms with van der Waals surface area (Å²) in [6, 6.07) is 2.03. The van der Waals surface area contributed by atoms with Crippen LogP contribution >= 0.6 is 0 Å². The van der Waals surface area contributed by atoms with Gasteiger partial charge in [-0.3, -0.25) is 0 Å². The summed E-state index contributed by atoms with van der Waals surface area (Å²) in [6.07, 6.45) is 3.34. The van der Waals surface area contributed by atoms with Crippen molar-refractivity contribution in [3.05, 3.63) is 17.6 Å². The highest BCUT2D eigenvalue weighted by Crippen LogP contribution is 2.27. The Bertz CT molecular complexity index is 397. The van der Waals surface area contributed by atoms with Gasteiger partial charge in [0.15, 0.2) is 0 Å². The van der Waals surface area contributed by atoms with Gasteiger partial charge in [0.25, 0.3) is 0 Å². The normalized spacial score (nSPS) is 18.6. The quantitative estimate of drug-likeness (QED) is 0.857. The van der Waals surface area contributed by atoms with E-state index in [0.29, 0.717) is 5.41 Å². The van der Waals surface area contributed by atoms with Crippen molar-refractivity contribution in [3.63, 3.8) is 0 Å². The lowest BCUT2D eigenvalue weighted by atomic mass is 9.81. The number of piperidine rings is 1. The van der Waals surface area contributed by atoms with Crippen LogP contribution in [0.2, 0.25) is 0 Å². The SMILES string of the molecule is CCc1nc(C)cc(NCC2(C)CCNCC2)n1. The summed E-state index contributed by atoms with van der Waals surface area (Å²) >= 11 is 0. The standard InChI is InChI=1S/C14H24N4/c1-4-12-17-11(2)9-13(18-12)16-10-14(3)5-7-15-8-6-14/h9,15H,4-8,10H2,1-3H3,(H,16,17,18). The molecular weight excluding hydrogens is 224 g/mol. The van der Waals surface area contributed by atoms with E-state index in [1.54, 1.807) is 0 Å². The van der Waals surface area contributed by atoms with E-state index < -0.39 is 0 Å². The average Bonchev–Trinajstić information content (AvgIpc) is 2.37. The van der Waals surface area contributed by atoms with Crippen LogP contribution in [0.25, 0.3) is 0 Å². The molecule has 1 aliphatic heterocycles. The van der Waals surface area contributed by atoms with Crippen molar-refractivity contribution in [1.29, 1.82) is 0 Å². The van der Waals surface area contributed by atoms with Gasteiger partial charge in [0.2, 0.25) is 0 Å². The van der Waals surface area contributed by atoms with Crippen LogP contribution in [0.5, 0.6) is 0 Å². The van der Waals surface area contributed by atoms with E-state index in [4.69, 9.17) is 0 Å². The van der Waals surface area contributed by atoms with E-state index in [1.807, 2.05) is 13.0 Å². The van der Waals surface area contributed by atoms with Crippen LogP contribution in [0.4, 0.5) is 5.82 Å². The maximum Gasteiger partial charge on any atom is 0.130 e. The monoisotopic (exact) mass is 248 g/mol. The Morgan fingerprint density at radius 2 is 2.06 bits per heavy atom. The molecule has 0 atom stereocenters. The summed E-state index contributed by atoms with van der Waals surface area (Å²) in [6.45, 7) is 9.72. The van der Waals surface area contributed by atoms with E-state index >= 15 is 0 Å². The van der Waals surface area contributed by atoms with Crippen LogP contribution in [0, 0.1) is 12.3 Å². The molecule has 0 bridgehead atoms. The summed E-state index contributed by atoms with van der Waals surface area (Å²) in [5, 5.41) is 6.90. The van der Waals surface area contributed by atoms with Crippen LogP contribution in [-0.4, -0.2) is 29.6 Å². The fourth-order valence-corrected chi connectivity index (χ4v) is 2.39. The van der Waals surface area contributed by atoms with Crippen LogP contribution in [-0.2, 0) is 6.42 Å². The van der Waals surface area contributed by atoms with Gasteiger partial charge in [-0.25, -0.2) is 9.97 Å². The second-order valence-corrected chi connectivity index (χ2v) is 5.58. The molecule has 4 heteroatoms. The van der Waals surface area contributed by atoms with Gasteiger partial charge < -0.3 is 10.6 Å². The molecule has 1 aromatic heterocycles. The number of hydrogen-bond donors (Lipinski definition) is 2. The fourth-order valence-electron chi connectivity index (χ4n) is 2.39. The van der Waals surface area contributed by atoms with Gasteiger partial charge in [-0.05, 0) is 38.3 Å². The third-order valence-corrected chi connectivity index (χ3v) is 3.72. The van der Waals surface area contributed by atoms with Crippen molar-refractivity contribution in [2.45, 2.75) is 40.0 Å². The Kier molecular flexibility index (Phi) is 4.17. The highest BCUT2D eigenvalue weighted by molar-refractivity contribution is 5.36. The summed E-state index contributed by atoms with van der Waals surface area (Å²) in [7, 11) is 0. The van der Waals surface area contributed by atoms with Gasteiger partial charge in [-0.1, -0.05) is 13.8 Å². The molecule has 0 saturated carbocycles. The summed E-state index contributed by atoms with van der Waals surface area (Å²) in [5.74, 6) is 1.90. The van der Waals surface area contributed by atoms with Crippen LogP contribution < -0.4 is 10.6 Å². The van der Waals surface area contributed by atoms with Crippen molar-refractivity contribution in [2.75, 3.05) is 25.0 Å². The third-order valence-electron chi connectivity index (χ3n) is 3.72.